The molecule has 1 unspecified atom stereocenters. The van der Waals surface area contributed by atoms with Crippen LogP contribution in [0.15, 0.2) is 42.5 Å². The Morgan fingerprint density at radius 2 is 1.83 bits per heavy atom. The van der Waals surface area contributed by atoms with Crippen LogP contribution in [-0.4, -0.2) is 38.2 Å². The average Bonchev–Trinajstić information content (AvgIpc) is 2.86. The Morgan fingerprint density at radius 3 is 2.54 bits per heavy atom. The summed E-state index contributed by atoms with van der Waals surface area (Å²) in [6.07, 6.45) is 1.07. The van der Waals surface area contributed by atoms with Crippen molar-refractivity contribution in [1.29, 1.82) is 0 Å². The van der Waals surface area contributed by atoms with Crippen molar-refractivity contribution in [3.8, 4) is 5.75 Å². The van der Waals surface area contributed by atoms with E-state index < -0.39 is 0 Å². The van der Waals surface area contributed by atoms with E-state index in [1.54, 1.807) is 12.1 Å². The van der Waals surface area contributed by atoms with E-state index in [2.05, 4.69) is 10.2 Å². The lowest BCUT2D eigenvalue weighted by molar-refractivity contribution is 0.240. The van der Waals surface area contributed by atoms with Crippen LogP contribution >= 0.6 is 11.6 Å². The molecule has 0 aromatic heterocycles. The average molecular weight is 349 g/mol. The summed E-state index contributed by atoms with van der Waals surface area (Å²) in [4.78, 5) is 2.39. The molecule has 0 aliphatic carbocycles. The monoisotopic (exact) mass is 348 g/mol. The van der Waals surface area contributed by atoms with Gasteiger partial charge in [0.15, 0.2) is 11.6 Å². The van der Waals surface area contributed by atoms with Crippen LogP contribution in [0.3, 0.4) is 0 Å². The largest absolute Gasteiger partial charge is 0.494 e. The maximum Gasteiger partial charge on any atom is 0.165 e. The van der Waals surface area contributed by atoms with Crippen LogP contribution in [0, 0.1) is 5.82 Å². The first-order valence-electron chi connectivity index (χ1n) is 8.22. The highest BCUT2D eigenvalue weighted by Gasteiger charge is 2.24. The second kappa shape index (κ2) is 7.97. The molecule has 3 rings (SSSR count). The number of halogens is 2. The van der Waals surface area contributed by atoms with Gasteiger partial charge in [-0.2, -0.15) is 0 Å². The molecule has 24 heavy (non-hydrogen) atoms. The van der Waals surface area contributed by atoms with Gasteiger partial charge in [-0.1, -0.05) is 29.8 Å². The van der Waals surface area contributed by atoms with E-state index in [0.29, 0.717) is 5.02 Å². The molecule has 1 aliphatic heterocycles. The molecule has 2 aromatic rings. The minimum atomic E-state index is -0.332. The summed E-state index contributed by atoms with van der Waals surface area (Å²) in [5.41, 5.74) is 2.04. The lowest BCUT2D eigenvalue weighted by Gasteiger charge is -2.31. The van der Waals surface area contributed by atoms with Crippen molar-refractivity contribution in [3.63, 3.8) is 0 Å². The smallest absolute Gasteiger partial charge is 0.165 e. The number of hydrogen-bond acceptors (Lipinski definition) is 3. The van der Waals surface area contributed by atoms with E-state index >= 15 is 0 Å². The van der Waals surface area contributed by atoms with Gasteiger partial charge in [-0.3, -0.25) is 4.90 Å². The highest BCUT2D eigenvalue weighted by molar-refractivity contribution is 6.30. The van der Waals surface area contributed by atoms with Crippen molar-refractivity contribution in [2.24, 2.45) is 0 Å². The second-order valence-electron chi connectivity index (χ2n) is 5.99. The predicted molar refractivity (Wildman–Crippen MR) is 95.3 cm³/mol. The van der Waals surface area contributed by atoms with Gasteiger partial charge in [-0.05, 0) is 48.4 Å². The second-order valence-corrected chi connectivity index (χ2v) is 6.42. The Bertz CT molecular complexity index is 670. The maximum absolute atomic E-state index is 14.3. The minimum absolute atomic E-state index is 0.00238. The molecule has 2 aromatic carbocycles. The molecule has 1 saturated heterocycles. The molecule has 0 saturated carbocycles. The molecule has 128 valence electrons. The van der Waals surface area contributed by atoms with Gasteiger partial charge in [0.05, 0.1) is 13.2 Å². The Kier molecular flexibility index (Phi) is 5.72. The highest BCUT2D eigenvalue weighted by Crippen LogP contribution is 2.32. The number of nitrogens with one attached hydrogen (secondary N) is 1. The fraction of sp³-hybridized carbons (Fsp3) is 0.368. The number of benzene rings is 2. The van der Waals surface area contributed by atoms with Gasteiger partial charge < -0.3 is 10.1 Å². The molecule has 1 fully saturated rings. The minimum Gasteiger partial charge on any atom is -0.494 e. The summed E-state index contributed by atoms with van der Waals surface area (Å²) >= 11 is 6.04. The van der Waals surface area contributed by atoms with Gasteiger partial charge in [-0.15, -0.1) is 0 Å². The molecule has 0 bridgehead atoms. The van der Waals surface area contributed by atoms with E-state index in [1.165, 1.54) is 7.11 Å². The maximum atomic E-state index is 14.3. The molecule has 1 heterocycles. The number of rotatable bonds is 4. The van der Waals surface area contributed by atoms with Crippen molar-refractivity contribution < 1.29 is 9.13 Å². The van der Waals surface area contributed by atoms with Crippen molar-refractivity contribution in [2.75, 3.05) is 33.3 Å². The van der Waals surface area contributed by atoms with E-state index in [1.807, 2.05) is 30.3 Å². The van der Waals surface area contributed by atoms with Gasteiger partial charge in [0.2, 0.25) is 0 Å². The number of methoxy groups -OCH3 is 1. The lowest BCUT2D eigenvalue weighted by atomic mass is 9.96. The predicted octanol–water partition coefficient (Wildman–Crippen LogP) is 3.87. The van der Waals surface area contributed by atoms with E-state index in [-0.39, 0.29) is 17.6 Å². The van der Waals surface area contributed by atoms with Gasteiger partial charge in [-0.25, -0.2) is 4.39 Å². The van der Waals surface area contributed by atoms with E-state index in [0.717, 1.165) is 43.7 Å². The zero-order chi connectivity index (χ0) is 16.9. The van der Waals surface area contributed by atoms with Crippen LogP contribution in [0.1, 0.15) is 23.6 Å². The zero-order valence-corrected chi connectivity index (χ0v) is 14.5. The van der Waals surface area contributed by atoms with Crippen LogP contribution in [0.25, 0.3) is 0 Å². The van der Waals surface area contributed by atoms with Crippen LogP contribution in [0.5, 0.6) is 5.75 Å². The topological polar surface area (TPSA) is 24.5 Å². The van der Waals surface area contributed by atoms with Crippen LogP contribution < -0.4 is 10.1 Å². The third-order valence-corrected chi connectivity index (χ3v) is 4.67. The lowest BCUT2D eigenvalue weighted by Crippen LogP contribution is -2.33. The molecular formula is C19H22ClFN2O. The fourth-order valence-corrected chi connectivity index (χ4v) is 3.36. The van der Waals surface area contributed by atoms with Crippen LogP contribution in [0.2, 0.25) is 5.02 Å². The van der Waals surface area contributed by atoms with Crippen molar-refractivity contribution in [1.82, 2.24) is 10.2 Å². The number of hydrogen-bond donors (Lipinski definition) is 1. The Morgan fingerprint density at radius 1 is 1.08 bits per heavy atom. The molecule has 1 aliphatic rings. The molecule has 0 spiro atoms. The third kappa shape index (κ3) is 3.89. The van der Waals surface area contributed by atoms with Gasteiger partial charge in [0.1, 0.15) is 0 Å². The summed E-state index contributed by atoms with van der Waals surface area (Å²) in [5.74, 6) is -0.0620. The van der Waals surface area contributed by atoms with Gasteiger partial charge >= 0.3 is 0 Å². The molecule has 0 amide bonds. The molecule has 0 radical (unpaired) electrons. The van der Waals surface area contributed by atoms with Crippen molar-refractivity contribution >= 4 is 11.6 Å². The Hall–Kier alpha value is -1.62. The van der Waals surface area contributed by atoms with E-state index in [9.17, 15) is 4.39 Å². The molecular weight excluding hydrogens is 327 g/mol. The Labute approximate surface area is 147 Å². The molecule has 5 heteroatoms. The quantitative estimate of drug-likeness (QED) is 0.907. The number of ether oxygens (including phenoxy) is 1. The summed E-state index contributed by atoms with van der Waals surface area (Å²) in [7, 11) is 1.48. The first-order chi connectivity index (χ1) is 11.7. The zero-order valence-electron chi connectivity index (χ0n) is 13.8. The van der Waals surface area contributed by atoms with Crippen molar-refractivity contribution in [2.45, 2.75) is 12.5 Å². The highest BCUT2D eigenvalue weighted by atomic mass is 35.5. The van der Waals surface area contributed by atoms with Crippen LogP contribution in [-0.2, 0) is 0 Å². The first kappa shape index (κ1) is 17.2. The summed E-state index contributed by atoms with van der Waals surface area (Å²) in [5, 5.41) is 4.12. The molecule has 1 N–H and O–H groups in total. The first-order valence-corrected chi connectivity index (χ1v) is 8.60. The van der Waals surface area contributed by atoms with Gasteiger partial charge in [0, 0.05) is 24.7 Å². The standard InChI is InChI=1S/C19H22ClFN2O/c1-24-18-8-5-15(13-17(18)21)19(14-3-6-16(20)7-4-14)23-11-2-9-22-10-12-23/h3-8,13,19,22H,2,9-12H2,1H3. The van der Waals surface area contributed by atoms with E-state index in [4.69, 9.17) is 16.3 Å². The number of nitrogens with zero attached hydrogens (tertiary/aromatic N) is 1. The van der Waals surface area contributed by atoms with Crippen molar-refractivity contribution in [3.05, 3.63) is 64.4 Å². The third-order valence-electron chi connectivity index (χ3n) is 4.42. The summed E-state index contributed by atoms with van der Waals surface area (Å²) in [6.45, 7) is 3.83. The Balaban J connectivity index is 2.00. The summed E-state index contributed by atoms with van der Waals surface area (Å²) in [6, 6.07) is 13.0. The van der Waals surface area contributed by atoms with Gasteiger partial charge in [0.25, 0.3) is 0 Å². The summed E-state index contributed by atoms with van der Waals surface area (Å²) < 4.78 is 19.3. The molecule has 3 nitrogen and oxygen atoms in total. The SMILES string of the molecule is COc1ccc(C(c2ccc(Cl)cc2)N2CCCNCC2)cc1F. The fourth-order valence-electron chi connectivity index (χ4n) is 3.24. The normalized spacial score (nSPS) is 17.3. The molecule has 1 atom stereocenters. The van der Waals surface area contributed by atoms with Crippen LogP contribution in [0.4, 0.5) is 4.39 Å².